The molecule has 4 N–H and O–H groups in total. The lowest BCUT2D eigenvalue weighted by atomic mass is 10.1. The number of imidazole rings is 1. The molecule has 0 fully saturated rings. The van der Waals surface area contributed by atoms with Crippen LogP contribution in [0.25, 0.3) is 11.3 Å². The largest absolute Gasteiger partial charge is 0.475 e. The highest BCUT2D eigenvalue weighted by molar-refractivity contribution is 5.86. The van der Waals surface area contributed by atoms with Crippen molar-refractivity contribution >= 4 is 11.8 Å². The third kappa shape index (κ3) is 1.67. The normalized spacial score (nSPS) is 10.1. The Morgan fingerprint density at radius 2 is 2.00 bits per heavy atom. The summed E-state index contributed by atoms with van der Waals surface area (Å²) in [6.07, 6.45) is 0. The monoisotopic (exact) mass is 203 g/mol. The molecule has 0 amide bonds. The molecule has 0 spiro atoms. The van der Waals surface area contributed by atoms with Gasteiger partial charge in [-0.1, -0.05) is 30.3 Å². The van der Waals surface area contributed by atoms with Gasteiger partial charge in [-0.15, -0.1) is 0 Å². The van der Waals surface area contributed by atoms with Gasteiger partial charge in [-0.25, -0.2) is 9.78 Å². The maximum absolute atomic E-state index is 10.6. The molecule has 0 saturated carbocycles. The number of anilines is 1. The number of carboxylic acid groups (broad SMARTS) is 1. The van der Waals surface area contributed by atoms with Gasteiger partial charge in [0.05, 0.1) is 5.69 Å². The van der Waals surface area contributed by atoms with Crippen molar-refractivity contribution in [1.29, 1.82) is 0 Å². The first-order chi connectivity index (χ1) is 7.18. The summed E-state index contributed by atoms with van der Waals surface area (Å²) in [5.41, 5.74) is 6.96. The number of nitrogens with zero attached hydrogens (tertiary/aromatic N) is 1. The summed E-state index contributed by atoms with van der Waals surface area (Å²) in [5, 5.41) is 8.72. The third-order valence-corrected chi connectivity index (χ3v) is 2.00. The van der Waals surface area contributed by atoms with Crippen LogP contribution in [0.4, 0.5) is 5.82 Å². The number of carboxylic acids is 1. The van der Waals surface area contributed by atoms with Gasteiger partial charge in [-0.3, -0.25) is 0 Å². The van der Waals surface area contributed by atoms with E-state index in [0.717, 1.165) is 5.56 Å². The van der Waals surface area contributed by atoms with E-state index in [4.69, 9.17) is 10.8 Å². The second-order valence-corrected chi connectivity index (χ2v) is 3.02. The zero-order valence-electron chi connectivity index (χ0n) is 7.77. The van der Waals surface area contributed by atoms with Gasteiger partial charge in [-0.05, 0) is 0 Å². The van der Waals surface area contributed by atoms with E-state index in [1.165, 1.54) is 0 Å². The molecule has 5 nitrogen and oxygen atoms in total. The first kappa shape index (κ1) is 9.26. The van der Waals surface area contributed by atoms with Crippen LogP contribution in [-0.4, -0.2) is 21.0 Å². The summed E-state index contributed by atoms with van der Waals surface area (Å²) in [6.45, 7) is 0. The number of carbonyl (C=O) groups is 1. The molecule has 0 aliphatic carbocycles. The van der Waals surface area contributed by atoms with Gasteiger partial charge in [0, 0.05) is 5.56 Å². The summed E-state index contributed by atoms with van der Waals surface area (Å²) < 4.78 is 0. The highest BCUT2D eigenvalue weighted by Crippen LogP contribution is 2.22. The maximum atomic E-state index is 10.6. The van der Waals surface area contributed by atoms with Crippen molar-refractivity contribution in [3.8, 4) is 11.3 Å². The van der Waals surface area contributed by atoms with Gasteiger partial charge in [0.1, 0.15) is 0 Å². The molecule has 1 aromatic heterocycles. The molecule has 0 bridgehead atoms. The fourth-order valence-corrected chi connectivity index (χ4v) is 1.31. The summed E-state index contributed by atoms with van der Waals surface area (Å²) >= 11 is 0. The van der Waals surface area contributed by atoms with Crippen LogP contribution in [-0.2, 0) is 0 Å². The number of aromatic carboxylic acids is 1. The Balaban J connectivity index is 2.50. The molecule has 0 radical (unpaired) electrons. The maximum Gasteiger partial charge on any atom is 0.371 e. The van der Waals surface area contributed by atoms with Crippen LogP contribution in [0.3, 0.4) is 0 Å². The molecule has 0 aliphatic heterocycles. The Labute approximate surface area is 85.6 Å². The standard InChI is InChI=1S/C10H9N3O2/c11-8-7(6-4-2-1-3-5-6)12-9(13-8)10(14)15/h1-5H,11H2,(H,12,13)(H,14,15). The van der Waals surface area contributed by atoms with Crippen LogP contribution in [0.2, 0.25) is 0 Å². The topological polar surface area (TPSA) is 92.0 Å². The van der Waals surface area contributed by atoms with E-state index in [9.17, 15) is 4.79 Å². The minimum atomic E-state index is -1.12. The molecule has 5 heteroatoms. The first-order valence-corrected chi connectivity index (χ1v) is 4.32. The Bertz CT molecular complexity index is 491. The number of H-pyrrole nitrogens is 1. The van der Waals surface area contributed by atoms with Crippen molar-refractivity contribution in [3.63, 3.8) is 0 Å². The molecule has 1 aromatic carbocycles. The summed E-state index contributed by atoms with van der Waals surface area (Å²) in [4.78, 5) is 17.0. The molecule has 2 rings (SSSR count). The van der Waals surface area contributed by atoms with Crippen LogP contribution in [0.5, 0.6) is 0 Å². The van der Waals surface area contributed by atoms with Crippen molar-refractivity contribution in [1.82, 2.24) is 9.97 Å². The average Bonchev–Trinajstić information content (AvgIpc) is 2.62. The van der Waals surface area contributed by atoms with Crippen molar-refractivity contribution in [2.45, 2.75) is 0 Å². The molecule has 0 aliphatic rings. The smallest absolute Gasteiger partial charge is 0.371 e. The Morgan fingerprint density at radius 1 is 1.33 bits per heavy atom. The van der Waals surface area contributed by atoms with Crippen LogP contribution in [0.1, 0.15) is 10.6 Å². The number of hydrogen-bond donors (Lipinski definition) is 3. The number of nitrogens with two attached hydrogens (primary N) is 1. The number of rotatable bonds is 2. The van der Waals surface area contributed by atoms with Gasteiger partial charge < -0.3 is 15.8 Å². The molecule has 1 heterocycles. The molecule has 2 aromatic rings. The zero-order valence-corrected chi connectivity index (χ0v) is 7.77. The number of aromatic nitrogens is 2. The van der Waals surface area contributed by atoms with Crippen LogP contribution >= 0.6 is 0 Å². The summed E-state index contributed by atoms with van der Waals surface area (Å²) in [6, 6.07) is 9.21. The van der Waals surface area contributed by atoms with Gasteiger partial charge in [0.15, 0.2) is 5.82 Å². The number of benzene rings is 1. The van der Waals surface area contributed by atoms with Crippen LogP contribution < -0.4 is 5.73 Å². The molecule has 0 atom stereocenters. The van der Waals surface area contributed by atoms with Gasteiger partial charge in [-0.2, -0.15) is 0 Å². The molecular formula is C10H9N3O2. The third-order valence-electron chi connectivity index (χ3n) is 2.00. The predicted molar refractivity (Wildman–Crippen MR) is 55.4 cm³/mol. The lowest BCUT2D eigenvalue weighted by molar-refractivity contribution is 0.0685. The summed E-state index contributed by atoms with van der Waals surface area (Å²) in [5.74, 6) is -1.08. The molecule has 76 valence electrons. The van der Waals surface area contributed by atoms with E-state index >= 15 is 0 Å². The zero-order chi connectivity index (χ0) is 10.8. The Hall–Kier alpha value is -2.30. The van der Waals surface area contributed by atoms with E-state index < -0.39 is 5.97 Å². The van der Waals surface area contributed by atoms with Crippen molar-refractivity contribution in [2.75, 3.05) is 5.73 Å². The quantitative estimate of drug-likeness (QED) is 0.687. The minimum Gasteiger partial charge on any atom is -0.475 e. The second-order valence-electron chi connectivity index (χ2n) is 3.02. The molecular weight excluding hydrogens is 194 g/mol. The highest BCUT2D eigenvalue weighted by atomic mass is 16.4. The Kier molecular flexibility index (Phi) is 2.13. The van der Waals surface area contributed by atoms with Crippen LogP contribution in [0.15, 0.2) is 30.3 Å². The highest BCUT2D eigenvalue weighted by Gasteiger charge is 2.13. The van der Waals surface area contributed by atoms with E-state index in [-0.39, 0.29) is 11.6 Å². The minimum absolute atomic E-state index is 0.147. The van der Waals surface area contributed by atoms with E-state index in [0.29, 0.717) is 5.69 Å². The van der Waals surface area contributed by atoms with E-state index in [2.05, 4.69) is 9.97 Å². The number of nitrogen functional groups attached to an aromatic ring is 1. The lowest BCUT2D eigenvalue weighted by Gasteiger charge is -1.96. The fraction of sp³-hybridized carbons (Fsp3) is 0. The molecule has 0 unspecified atom stereocenters. The van der Waals surface area contributed by atoms with E-state index in [1.54, 1.807) is 0 Å². The van der Waals surface area contributed by atoms with Crippen molar-refractivity contribution in [3.05, 3.63) is 36.2 Å². The van der Waals surface area contributed by atoms with Crippen LogP contribution in [0, 0.1) is 0 Å². The fourth-order valence-electron chi connectivity index (χ4n) is 1.31. The average molecular weight is 203 g/mol. The predicted octanol–water partition coefficient (Wildman–Crippen LogP) is 1.36. The number of hydrogen-bond acceptors (Lipinski definition) is 3. The first-order valence-electron chi connectivity index (χ1n) is 4.32. The SMILES string of the molecule is Nc1nc(C(=O)O)[nH]c1-c1ccccc1. The van der Waals surface area contributed by atoms with Crippen molar-refractivity contribution < 1.29 is 9.90 Å². The van der Waals surface area contributed by atoms with Gasteiger partial charge in [0.2, 0.25) is 5.82 Å². The lowest BCUT2D eigenvalue weighted by Crippen LogP contribution is -1.98. The van der Waals surface area contributed by atoms with Crippen molar-refractivity contribution in [2.24, 2.45) is 0 Å². The number of nitrogens with one attached hydrogen (secondary N) is 1. The van der Waals surface area contributed by atoms with Gasteiger partial charge in [0.25, 0.3) is 0 Å². The Morgan fingerprint density at radius 3 is 2.53 bits per heavy atom. The molecule has 0 saturated heterocycles. The second kappa shape index (κ2) is 3.45. The van der Waals surface area contributed by atoms with Gasteiger partial charge >= 0.3 is 5.97 Å². The number of aromatic amines is 1. The van der Waals surface area contributed by atoms with E-state index in [1.807, 2.05) is 30.3 Å². The molecule has 15 heavy (non-hydrogen) atoms. The summed E-state index contributed by atoms with van der Waals surface area (Å²) in [7, 11) is 0.